The van der Waals surface area contributed by atoms with Crippen LogP contribution in [-0.2, 0) is 4.74 Å². The lowest BCUT2D eigenvalue weighted by Crippen LogP contribution is -2.59. The van der Waals surface area contributed by atoms with Crippen molar-refractivity contribution in [3.8, 4) is 0 Å². The van der Waals surface area contributed by atoms with E-state index in [9.17, 15) is 20.1 Å². The first kappa shape index (κ1) is 15.9. The second kappa shape index (κ2) is 6.29. The molecular formula is C16H19NO6. The van der Waals surface area contributed by atoms with Crippen LogP contribution in [0.1, 0.15) is 17.5 Å². The van der Waals surface area contributed by atoms with Crippen molar-refractivity contribution < 1.29 is 29.3 Å². The minimum absolute atomic E-state index is 0.00876. The van der Waals surface area contributed by atoms with Crippen LogP contribution in [0.15, 0.2) is 34.7 Å². The first-order chi connectivity index (χ1) is 11.0. The fourth-order valence-electron chi connectivity index (χ4n) is 2.68. The summed E-state index contributed by atoms with van der Waals surface area (Å²) < 4.78 is 10.9. The molecule has 7 heteroatoms. The summed E-state index contributed by atoms with van der Waals surface area (Å²) in [5.74, 6) is -0.282. The Morgan fingerprint density at radius 2 is 1.91 bits per heavy atom. The van der Waals surface area contributed by atoms with E-state index in [-0.39, 0.29) is 12.3 Å². The van der Waals surface area contributed by atoms with Crippen LogP contribution < -0.4 is 5.32 Å². The molecule has 1 aromatic heterocycles. The van der Waals surface area contributed by atoms with Crippen LogP contribution in [0, 0.1) is 0 Å². The zero-order valence-corrected chi connectivity index (χ0v) is 12.5. The molecule has 1 aliphatic heterocycles. The van der Waals surface area contributed by atoms with E-state index in [0.717, 1.165) is 5.39 Å². The largest absolute Gasteiger partial charge is 0.451 e. The molecule has 7 nitrogen and oxygen atoms in total. The van der Waals surface area contributed by atoms with E-state index in [0.29, 0.717) is 5.58 Å². The Bertz CT molecular complexity index is 666. The number of carbonyl (C=O) groups excluding carboxylic acids is 1. The van der Waals surface area contributed by atoms with Crippen LogP contribution in [0.4, 0.5) is 0 Å². The van der Waals surface area contributed by atoms with Gasteiger partial charge < -0.3 is 29.8 Å². The number of benzene rings is 1. The number of aliphatic hydroxyl groups is 3. The molecule has 1 aromatic carbocycles. The van der Waals surface area contributed by atoms with Crippen molar-refractivity contribution in [1.29, 1.82) is 0 Å². The summed E-state index contributed by atoms with van der Waals surface area (Å²) >= 11 is 0. The van der Waals surface area contributed by atoms with Gasteiger partial charge in [-0.05, 0) is 19.1 Å². The number of hydrogen-bond acceptors (Lipinski definition) is 6. The molecule has 23 heavy (non-hydrogen) atoms. The molecule has 1 fully saturated rings. The third kappa shape index (κ3) is 3.09. The number of furan rings is 1. The molecule has 0 bridgehead atoms. The predicted molar refractivity (Wildman–Crippen MR) is 80.9 cm³/mol. The van der Waals surface area contributed by atoms with Crippen LogP contribution in [0.3, 0.4) is 0 Å². The van der Waals surface area contributed by atoms with Gasteiger partial charge >= 0.3 is 0 Å². The SMILES string of the molecule is CC1O[C@H](CNC(=O)c2cc3ccccc3o2)C(O)C(O)[C@@H]1O. The predicted octanol–water partition coefficient (Wildman–Crippen LogP) is 0.0326. The van der Waals surface area contributed by atoms with Gasteiger partial charge in [-0.25, -0.2) is 0 Å². The lowest BCUT2D eigenvalue weighted by molar-refractivity contribution is -0.214. The van der Waals surface area contributed by atoms with Crippen molar-refractivity contribution in [1.82, 2.24) is 5.32 Å². The maximum atomic E-state index is 12.1. The lowest BCUT2D eigenvalue weighted by Gasteiger charge is -2.39. The minimum Gasteiger partial charge on any atom is -0.451 e. The van der Waals surface area contributed by atoms with E-state index in [4.69, 9.17) is 9.15 Å². The topological polar surface area (TPSA) is 112 Å². The van der Waals surface area contributed by atoms with Crippen molar-refractivity contribution in [2.45, 2.75) is 37.4 Å². The van der Waals surface area contributed by atoms with E-state index in [1.54, 1.807) is 19.1 Å². The van der Waals surface area contributed by atoms with Gasteiger partial charge in [0.1, 0.15) is 30.0 Å². The third-order valence-corrected chi connectivity index (χ3v) is 4.06. The number of fused-ring (bicyclic) bond motifs is 1. The van der Waals surface area contributed by atoms with Crippen molar-refractivity contribution in [2.75, 3.05) is 6.54 Å². The molecule has 1 amide bonds. The summed E-state index contributed by atoms with van der Waals surface area (Å²) in [7, 11) is 0. The van der Waals surface area contributed by atoms with E-state index >= 15 is 0 Å². The molecule has 5 atom stereocenters. The molecule has 1 aliphatic rings. The average molecular weight is 321 g/mol. The highest BCUT2D eigenvalue weighted by atomic mass is 16.5. The van der Waals surface area contributed by atoms with Gasteiger partial charge in [0.05, 0.1) is 6.10 Å². The van der Waals surface area contributed by atoms with Crippen LogP contribution in [-0.4, -0.2) is 58.3 Å². The van der Waals surface area contributed by atoms with E-state index in [1.807, 2.05) is 18.2 Å². The van der Waals surface area contributed by atoms with E-state index < -0.39 is 36.4 Å². The van der Waals surface area contributed by atoms with Gasteiger partial charge in [-0.15, -0.1) is 0 Å². The molecule has 0 aliphatic carbocycles. The highest BCUT2D eigenvalue weighted by Gasteiger charge is 2.41. The Labute approximate surface area is 132 Å². The van der Waals surface area contributed by atoms with Gasteiger partial charge in [0.25, 0.3) is 5.91 Å². The summed E-state index contributed by atoms with van der Waals surface area (Å²) in [4.78, 5) is 12.1. The normalized spacial score (nSPS) is 31.2. The van der Waals surface area contributed by atoms with Crippen LogP contribution in [0.25, 0.3) is 11.0 Å². The summed E-state index contributed by atoms with van der Waals surface area (Å²) in [5, 5.41) is 32.7. The number of nitrogens with one attached hydrogen (secondary N) is 1. The number of rotatable bonds is 3. The second-order valence-corrected chi connectivity index (χ2v) is 5.71. The van der Waals surface area contributed by atoms with Gasteiger partial charge in [-0.2, -0.15) is 0 Å². The first-order valence-corrected chi connectivity index (χ1v) is 7.44. The number of aliphatic hydroxyl groups excluding tert-OH is 3. The summed E-state index contributed by atoms with van der Waals surface area (Å²) in [5.41, 5.74) is 0.610. The molecule has 2 aromatic rings. The van der Waals surface area contributed by atoms with Gasteiger partial charge in [0.2, 0.25) is 0 Å². The molecule has 0 spiro atoms. The molecule has 0 radical (unpaired) electrons. The van der Waals surface area contributed by atoms with E-state index in [2.05, 4.69) is 5.32 Å². The van der Waals surface area contributed by atoms with E-state index in [1.165, 1.54) is 0 Å². The van der Waals surface area contributed by atoms with Crippen LogP contribution >= 0.6 is 0 Å². The summed E-state index contributed by atoms with van der Waals surface area (Å²) in [6.07, 6.45) is -5.20. The second-order valence-electron chi connectivity index (χ2n) is 5.71. The average Bonchev–Trinajstić information content (AvgIpc) is 2.99. The number of amides is 1. The zero-order chi connectivity index (χ0) is 16.6. The highest BCUT2D eigenvalue weighted by Crippen LogP contribution is 2.21. The van der Waals surface area contributed by atoms with Crippen molar-refractivity contribution in [3.05, 3.63) is 36.1 Å². The van der Waals surface area contributed by atoms with Gasteiger partial charge in [-0.3, -0.25) is 4.79 Å². The van der Waals surface area contributed by atoms with Gasteiger partial charge in [-0.1, -0.05) is 18.2 Å². The summed E-state index contributed by atoms with van der Waals surface area (Å²) in [6.45, 7) is 1.58. The molecule has 3 rings (SSSR count). The van der Waals surface area contributed by atoms with Gasteiger partial charge in [0, 0.05) is 11.9 Å². The Hall–Kier alpha value is -1.93. The maximum absolute atomic E-state index is 12.1. The fourth-order valence-corrected chi connectivity index (χ4v) is 2.68. The zero-order valence-electron chi connectivity index (χ0n) is 12.5. The standard InChI is InChI=1S/C16H19NO6/c1-8-13(18)15(20)14(19)12(22-8)7-17-16(21)11-6-9-4-2-3-5-10(9)23-11/h2-6,8,12-15,18-20H,7H2,1H3,(H,17,21)/t8?,12-,13-,14?,15?/m1/s1. The Balaban J connectivity index is 1.64. The smallest absolute Gasteiger partial charge is 0.287 e. The monoisotopic (exact) mass is 321 g/mol. The number of para-hydroxylation sites is 1. The molecule has 1 saturated heterocycles. The van der Waals surface area contributed by atoms with Crippen LogP contribution in [0.5, 0.6) is 0 Å². The van der Waals surface area contributed by atoms with Crippen molar-refractivity contribution >= 4 is 16.9 Å². The molecule has 2 heterocycles. The van der Waals surface area contributed by atoms with Crippen molar-refractivity contribution in [2.24, 2.45) is 0 Å². The lowest BCUT2D eigenvalue weighted by atomic mass is 9.95. The molecule has 124 valence electrons. The number of hydrogen-bond donors (Lipinski definition) is 4. The maximum Gasteiger partial charge on any atom is 0.287 e. The Morgan fingerprint density at radius 3 is 2.65 bits per heavy atom. The number of carbonyl (C=O) groups is 1. The van der Waals surface area contributed by atoms with Gasteiger partial charge in [0.15, 0.2) is 5.76 Å². The molecule has 3 unspecified atom stereocenters. The molecular weight excluding hydrogens is 302 g/mol. The third-order valence-electron chi connectivity index (χ3n) is 4.06. The quantitative estimate of drug-likeness (QED) is 0.635. The molecule has 0 saturated carbocycles. The minimum atomic E-state index is -1.31. The van der Waals surface area contributed by atoms with Crippen LogP contribution in [0.2, 0.25) is 0 Å². The fraction of sp³-hybridized carbons (Fsp3) is 0.438. The number of ether oxygens (including phenoxy) is 1. The van der Waals surface area contributed by atoms with Crippen molar-refractivity contribution in [3.63, 3.8) is 0 Å². The Kier molecular flexibility index (Phi) is 4.36. The molecule has 4 N–H and O–H groups in total. The first-order valence-electron chi connectivity index (χ1n) is 7.44. The Morgan fingerprint density at radius 1 is 1.17 bits per heavy atom. The summed E-state index contributed by atoms with van der Waals surface area (Å²) in [6, 6.07) is 8.89. The highest BCUT2D eigenvalue weighted by molar-refractivity contribution is 5.96.